The van der Waals surface area contributed by atoms with Crippen LogP contribution >= 0.6 is 0 Å². The van der Waals surface area contributed by atoms with E-state index in [1.54, 1.807) is 13.8 Å². The lowest BCUT2D eigenvalue weighted by molar-refractivity contribution is -0.120. The lowest BCUT2D eigenvalue weighted by atomic mass is 9.96. The highest BCUT2D eigenvalue weighted by molar-refractivity contribution is 7.90. The number of hydrogen-bond donors (Lipinski definition) is 2. The van der Waals surface area contributed by atoms with Crippen LogP contribution in [0, 0.1) is 5.92 Å². The van der Waals surface area contributed by atoms with Gasteiger partial charge in [-0.3, -0.25) is 9.52 Å². The van der Waals surface area contributed by atoms with Crippen molar-refractivity contribution < 1.29 is 13.2 Å². The van der Waals surface area contributed by atoms with Gasteiger partial charge in [0.2, 0.25) is 15.9 Å². The smallest absolute Gasteiger partial charge is 0.237 e. The second-order valence-corrected chi connectivity index (χ2v) is 6.77. The Balaban J connectivity index is 2.41. The van der Waals surface area contributed by atoms with E-state index in [9.17, 15) is 13.2 Å². The molecule has 0 aromatic rings. The molecule has 94 valence electrons. The zero-order chi connectivity index (χ0) is 12.2. The minimum absolute atomic E-state index is 0.260. The lowest BCUT2D eigenvalue weighted by Gasteiger charge is -2.22. The Bertz CT molecular complexity index is 332. The fourth-order valence-electron chi connectivity index (χ4n) is 1.68. The van der Waals surface area contributed by atoms with Crippen LogP contribution in [0.5, 0.6) is 0 Å². The molecule has 1 atom stereocenters. The standard InChI is InChI=1S/C10H20N2O3S/c1-8(2)16(14,15)12-10(13)6-9-4-3-5-11-7-9/h8-9,11H,3-7H2,1-2H3,(H,12,13). The van der Waals surface area contributed by atoms with E-state index in [0.29, 0.717) is 6.42 Å². The molecule has 1 saturated heterocycles. The van der Waals surface area contributed by atoms with Crippen molar-refractivity contribution in [3.63, 3.8) is 0 Å². The predicted octanol–water partition coefficient (Wildman–Crippen LogP) is 0.231. The van der Waals surface area contributed by atoms with Gasteiger partial charge in [-0.05, 0) is 45.7 Å². The zero-order valence-corrected chi connectivity index (χ0v) is 10.6. The molecule has 0 aromatic carbocycles. The summed E-state index contributed by atoms with van der Waals surface area (Å²) in [5.74, 6) is -0.126. The number of hydrogen-bond acceptors (Lipinski definition) is 4. The van der Waals surface area contributed by atoms with Gasteiger partial charge in [-0.2, -0.15) is 0 Å². The van der Waals surface area contributed by atoms with Gasteiger partial charge in [0.1, 0.15) is 0 Å². The third-order valence-corrected chi connectivity index (χ3v) is 4.50. The number of carbonyl (C=O) groups is 1. The molecule has 1 rings (SSSR count). The summed E-state index contributed by atoms with van der Waals surface area (Å²) in [7, 11) is -3.47. The Labute approximate surface area is 97.0 Å². The van der Waals surface area contributed by atoms with Crippen LogP contribution in [0.1, 0.15) is 33.1 Å². The van der Waals surface area contributed by atoms with Gasteiger partial charge >= 0.3 is 0 Å². The summed E-state index contributed by atoms with van der Waals surface area (Å²) in [6.07, 6.45) is 2.33. The first-order valence-corrected chi connectivity index (χ1v) is 7.21. The molecule has 0 aliphatic carbocycles. The molecule has 0 bridgehead atoms. The van der Waals surface area contributed by atoms with E-state index in [0.717, 1.165) is 25.9 Å². The highest BCUT2D eigenvalue weighted by Gasteiger charge is 2.22. The van der Waals surface area contributed by atoms with Crippen molar-refractivity contribution in [3.8, 4) is 0 Å². The van der Waals surface area contributed by atoms with E-state index in [1.807, 2.05) is 0 Å². The van der Waals surface area contributed by atoms with Gasteiger partial charge in [0, 0.05) is 6.42 Å². The first-order chi connectivity index (χ1) is 7.42. The second-order valence-electron chi connectivity index (χ2n) is 4.54. The average molecular weight is 248 g/mol. The molecule has 1 aliphatic heterocycles. The molecule has 1 amide bonds. The van der Waals surface area contributed by atoms with Crippen LogP contribution < -0.4 is 10.0 Å². The molecule has 6 heteroatoms. The number of sulfonamides is 1. The van der Waals surface area contributed by atoms with Gasteiger partial charge in [-0.25, -0.2) is 8.42 Å². The largest absolute Gasteiger partial charge is 0.316 e. The zero-order valence-electron chi connectivity index (χ0n) is 9.82. The summed E-state index contributed by atoms with van der Waals surface area (Å²) in [4.78, 5) is 11.5. The molecular formula is C10H20N2O3S. The second kappa shape index (κ2) is 5.63. The van der Waals surface area contributed by atoms with Crippen molar-refractivity contribution >= 4 is 15.9 Å². The van der Waals surface area contributed by atoms with Gasteiger partial charge in [0.15, 0.2) is 0 Å². The molecule has 0 aromatic heterocycles. The maximum Gasteiger partial charge on any atom is 0.237 e. The number of nitrogens with one attached hydrogen (secondary N) is 2. The average Bonchev–Trinajstić information content (AvgIpc) is 2.17. The molecular weight excluding hydrogens is 228 g/mol. The maximum absolute atomic E-state index is 11.5. The van der Waals surface area contributed by atoms with Crippen LogP contribution in [0.4, 0.5) is 0 Å². The fourth-order valence-corrected chi connectivity index (χ4v) is 2.31. The van der Waals surface area contributed by atoms with Crippen LogP contribution in [0.15, 0.2) is 0 Å². The molecule has 1 heterocycles. The molecule has 1 fully saturated rings. The molecule has 0 saturated carbocycles. The minimum atomic E-state index is -3.47. The lowest BCUT2D eigenvalue weighted by Crippen LogP contribution is -2.39. The summed E-state index contributed by atoms with van der Waals surface area (Å²) in [6, 6.07) is 0. The molecule has 16 heavy (non-hydrogen) atoms. The van der Waals surface area contributed by atoms with Crippen LogP contribution in [0.25, 0.3) is 0 Å². The number of rotatable bonds is 4. The van der Waals surface area contributed by atoms with Gasteiger partial charge in [-0.1, -0.05) is 0 Å². The van der Waals surface area contributed by atoms with Crippen LogP contribution in [0.2, 0.25) is 0 Å². The molecule has 1 unspecified atom stereocenters. The monoisotopic (exact) mass is 248 g/mol. The number of amides is 1. The first kappa shape index (κ1) is 13.4. The SMILES string of the molecule is CC(C)S(=O)(=O)NC(=O)CC1CCCNC1. The Morgan fingerprint density at radius 2 is 2.19 bits per heavy atom. The summed E-state index contributed by atoms with van der Waals surface area (Å²) in [6.45, 7) is 4.90. The molecule has 5 nitrogen and oxygen atoms in total. The van der Waals surface area contributed by atoms with E-state index < -0.39 is 15.3 Å². The summed E-state index contributed by atoms with van der Waals surface area (Å²) in [5, 5.41) is 2.63. The Kier molecular flexibility index (Phi) is 4.73. The minimum Gasteiger partial charge on any atom is -0.316 e. The summed E-state index contributed by atoms with van der Waals surface area (Å²) < 4.78 is 25.0. The fraction of sp³-hybridized carbons (Fsp3) is 0.900. The van der Waals surface area contributed by atoms with E-state index in [-0.39, 0.29) is 11.8 Å². The van der Waals surface area contributed by atoms with E-state index in [1.165, 1.54) is 0 Å². The predicted molar refractivity (Wildman–Crippen MR) is 62.4 cm³/mol. The maximum atomic E-state index is 11.5. The van der Waals surface area contributed by atoms with Crippen molar-refractivity contribution in [3.05, 3.63) is 0 Å². The third kappa shape index (κ3) is 4.09. The molecule has 0 radical (unpaired) electrons. The molecule has 2 N–H and O–H groups in total. The van der Waals surface area contributed by atoms with Crippen molar-refractivity contribution in [1.29, 1.82) is 0 Å². The quantitative estimate of drug-likeness (QED) is 0.747. The van der Waals surface area contributed by atoms with Crippen molar-refractivity contribution in [2.75, 3.05) is 13.1 Å². The Morgan fingerprint density at radius 3 is 2.69 bits per heavy atom. The Morgan fingerprint density at radius 1 is 1.50 bits per heavy atom. The normalized spacial score (nSPS) is 22.1. The summed E-state index contributed by atoms with van der Waals surface area (Å²) >= 11 is 0. The van der Waals surface area contributed by atoms with Crippen LogP contribution in [0.3, 0.4) is 0 Å². The van der Waals surface area contributed by atoms with Crippen molar-refractivity contribution in [2.24, 2.45) is 5.92 Å². The summed E-state index contributed by atoms with van der Waals surface area (Å²) in [5.41, 5.74) is 0. The van der Waals surface area contributed by atoms with E-state index in [4.69, 9.17) is 0 Å². The van der Waals surface area contributed by atoms with Gasteiger partial charge in [-0.15, -0.1) is 0 Å². The first-order valence-electron chi connectivity index (χ1n) is 5.67. The highest BCUT2D eigenvalue weighted by Crippen LogP contribution is 2.14. The van der Waals surface area contributed by atoms with Crippen molar-refractivity contribution in [2.45, 2.75) is 38.4 Å². The van der Waals surface area contributed by atoms with Gasteiger partial charge < -0.3 is 5.32 Å². The van der Waals surface area contributed by atoms with Crippen LogP contribution in [-0.4, -0.2) is 32.7 Å². The van der Waals surface area contributed by atoms with Crippen LogP contribution in [-0.2, 0) is 14.8 Å². The van der Waals surface area contributed by atoms with Gasteiger partial charge in [0.25, 0.3) is 0 Å². The Hall–Kier alpha value is -0.620. The molecule has 1 aliphatic rings. The third-order valence-electron chi connectivity index (χ3n) is 2.75. The number of carbonyl (C=O) groups excluding carboxylic acids is 1. The number of piperidine rings is 1. The van der Waals surface area contributed by atoms with E-state index >= 15 is 0 Å². The van der Waals surface area contributed by atoms with Gasteiger partial charge in [0.05, 0.1) is 5.25 Å². The highest BCUT2D eigenvalue weighted by atomic mass is 32.2. The van der Waals surface area contributed by atoms with Crippen molar-refractivity contribution in [1.82, 2.24) is 10.0 Å². The molecule has 0 spiro atoms. The van der Waals surface area contributed by atoms with E-state index in [2.05, 4.69) is 10.0 Å². The topological polar surface area (TPSA) is 75.3 Å².